The first-order valence-electron chi connectivity index (χ1n) is 12.0. The summed E-state index contributed by atoms with van der Waals surface area (Å²) < 4.78 is 40.3. The summed E-state index contributed by atoms with van der Waals surface area (Å²) in [5.41, 5.74) is 4.40. The number of nitrogens with one attached hydrogen (secondary N) is 1. The Hall–Kier alpha value is -4.26. The van der Waals surface area contributed by atoms with Crippen LogP contribution in [0, 0.1) is 0 Å². The molecular weight excluding hydrogens is 475 g/mol. The number of nitrogens with zero attached hydrogens (tertiary/aromatic N) is 2. The first kappa shape index (κ1) is 24.4. The topological polar surface area (TPSA) is 35.6 Å². The van der Waals surface area contributed by atoms with E-state index < -0.39 is 11.7 Å². The lowest BCUT2D eigenvalue weighted by Gasteiger charge is -2.31. The predicted octanol–water partition coefficient (Wildman–Crippen LogP) is 7.21. The average Bonchev–Trinajstić information content (AvgIpc) is 2.92. The third-order valence-electron chi connectivity index (χ3n) is 6.60. The van der Waals surface area contributed by atoms with Crippen LogP contribution in [0.2, 0.25) is 0 Å². The molecule has 4 aromatic carbocycles. The molecule has 1 aliphatic heterocycles. The molecule has 0 radical (unpaired) electrons. The van der Waals surface area contributed by atoms with Gasteiger partial charge in [-0.1, -0.05) is 66.7 Å². The minimum Gasteiger partial charge on any atom is -0.382 e. The van der Waals surface area contributed by atoms with Gasteiger partial charge in [-0.05, 0) is 47.0 Å². The monoisotopic (exact) mass is 501 g/mol. The largest absolute Gasteiger partial charge is 0.416 e. The van der Waals surface area contributed by atoms with Crippen LogP contribution in [-0.4, -0.2) is 30.9 Å². The maximum Gasteiger partial charge on any atom is 0.416 e. The standard InChI is InChI=1S/C30H26F3N3O/c1-35-27-10-6-5-9-25(27)29(37)36(18-17-34-26-16-15-24(19-28(26)35)30(31,32)33)20-21-11-13-23(14-12-21)22-7-3-2-4-8-22/h2-16,19,34H,17-18,20H2,1H3. The predicted molar refractivity (Wildman–Crippen MR) is 141 cm³/mol. The van der Waals surface area contributed by atoms with Gasteiger partial charge in [0.25, 0.3) is 5.91 Å². The van der Waals surface area contributed by atoms with Crippen molar-refractivity contribution in [1.29, 1.82) is 0 Å². The number of benzene rings is 4. The van der Waals surface area contributed by atoms with Crippen molar-refractivity contribution in [2.75, 3.05) is 30.4 Å². The number of carbonyl (C=O) groups is 1. The van der Waals surface area contributed by atoms with E-state index in [1.54, 1.807) is 41.1 Å². The van der Waals surface area contributed by atoms with Crippen LogP contribution in [0.15, 0.2) is 97.1 Å². The number of para-hydroxylation sites is 1. The van der Waals surface area contributed by atoms with Crippen molar-refractivity contribution in [2.24, 2.45) is 0 Å². The molecular formula is C30H26F3N3O. The van der Waals surface area contributed by atoms with Gasteiger partial charge in [-0.25, -0.2) is 0 Å². The number of alkyl halides is 3. The number of rotatable bonds is 3. The summed E-state index contributed by atoms with van der Waals surface area (Å²) >= 11 is 0. The molecule has 0 unspecified atom stereocenters. The van der Waals surface area contributed by atoms with Crippen LogP contribution in [-0.2, 0) is 12.7 Å². The highest BCUT2D eigenvalue weighted by molar-refractivity contribution is 6.01. The van der Waals surface area contributed by atoms with Crippen LogP contribution < -0.4 is 10.2 Å². The van der Waals surface area contributed by atoms with Crippen molar-refractivity contribution < 1.29 is 18.0 Å². The highest BCUT2D eigenvalue weighted by atomic mass is 19.4. The van der Waals surface area contributed by atoms with E-state index in [-0.39, 0.29) is 5.91 Å². The Labute approximate surface area is 214 Å². The lowest BCUT2D eigenvalue weighted by molar-refractivity contribution is -0.137. The molecule has 4 nitrogen and oxygen atoms in total. The van der Waals surface area contributed by atoms with E-state index in [4.69, 9.17) is 0 Å². The molecule has 0 atom stereocenters. The molecule has 7 heteroatoms. The van der Waals surface area contributed by atoms with E-state index in [2.05, 4.69) is 17.4 Å². The minimum atomic E-state index is -4.46. The fraction of sp³-hybridized carbons (Fsp3) is 0.167. The quantitative estimate of drug-likeness (QED) is 0.322. The van der Waals surface area contributed by atoms with Crippen molar-refractivity contribution in [1.82, 2.24) is 4.90 Å². The zero-order valence-corrected chi connectivity index (χ0v) is 20.3. The number of hydrogen-bond acceptors (Lipinski definition) is 3. The Balaban J connectivity index is 1.46. The van der Waals surface area contributed by atoms with Gasteiger partial charge in [0.2, 0.25) is 0 Å². The molecule has 1 amide bonds. The zero-order chi connectivity index (χ0) is 26.0. The fourth-order valence-corrected chi connectivity index (χ4v) is 4.61. The van der Waals surface area contributed by atoms with Gasteiger partial charge in [-0.15, -0.1) is 0 Å². The molecule has 0 saturated heterocycles. The van der Waals surface area contributed by atoms with Crippen LogP contribution in [0.4, 0.5) is 30.2 Å². The van der Waals surface area contributed by atoms with E-state index in [0.29, 0.717) is 42.3 Å². The second-order valence-electron chi connectivity index (χ2n) is 9.02. The van der Waals surface area contributed by atoms with E-state index in [9.17, 15) is 18.0 Å². The Morgan fingerprint density at radius 1 is 0.811 bits per heavy atom. The number of carbonyl (C=O) groups excluding carboxylic acids is 1. The van der Waals surface area contributed by atoms with Gasteiger partial charge in [0.05, 0.1) is 28.2 Å². The molecule has 1 N–H and O–H groups in total. The van der Waals surface area contributed by atoms with Crippen LogP contribution in [0.25, 0.3) is 11.1 Å². The summed E-state index contributed by atoms with van der Waals surface area (Å²) in [6, 6.07) is 28.9. The maximum atomic E-state index is 13.7. The Kier molecular flexibility index (Phi) is 6.61. The number of amides is 1. The lowest BCUT2D eigenvalue weighted by atomic mass is 10.0. The van der Waals surface area contributed by atoms with Crippen molar-refractivity contribution in [3.63, 3.8) is 0 Å². The first-order chi connectivity index (χ1) is 17.8. The smallest absolute Gasteiger partial charge is 0.382 e. The number of hydrogen-bond donors (Lipinski definition) is 1. The molecule has 0 fully saturated rings. The maximum absolute atomic E-state index is 13.7. The fourth-order valence-electron chi connectivity index (χ4n) is 4.61. The summed E-state index contributed by atoms with van der Waals surface area (Å²) in [6.45, 7) is 1.19. The normalized spacial score (nSPS) is 14.0. The number of fused-ring (bicyclic) bond motifs is 2. The lowest BCUT2D eigenvalue weighted by Crippen LogP contribution is -2.36. The third-order valence-corrected chi connectivity index (χ3v) is 6.60. The molecule has 188 valence electrons. The van der Waals surface area contributed by atoms with Crippen LogP contribution in [0.5, 0.6) is 0 Å². The van der Waals surface area contributed by atoms with E-state index >= 15 is 0 Å². The number of anilines is 3. The Bertz CT molecular complexity index is 1400. The van der Waals surface area contributed by atoms with Gasteiger partial charge in [0.15, 0.2) is 0 Å². The van der Waals surface area contributed by atoms with Crippen molar-refractivity contribution in [2.45, 2.75) is 12.7 Å². The molecule has 0 spiro atoms. The minimum absolute atomic E-state index is 0.174. The summed E-state index contributed by atoms with van der Waals surface area (Å²) in [5.74, 6) is -0.174. The van der Waals surface area contributed by atoms with Crippen LogP contribution in [0.3, 0.4) is 0 Å². The molecule has 0 aliphatic carbocycles. The van der Waals surface area contributed by atoms with Crippen molar-refractivity contribution in [3.05, 3.63) is 114 Å². The summed E-state index contributed by atoms with van der Waals surface area (Å²) in [6.07, 6.45) is -4.46. The molecule has 1 heterocycles. The highest BCUT2D eigenvalue weighted by Crippen LogP contribution is 2.39. The zero-order valence-electron chi connectivity index (χ0n) is 20.3. The summed E-state index contributed by atoms with van der Waals surface area (Å²) in [5, 5.41) is 3.24. The van der Waals surface area contributed by atoms with Crippen molar-refractivity contribution >= 4 is 23.0 Å². The molecule has 5 rings (SSSR count). The molecule has 4 aromatic rings. The molecule has 0 aromatic heterocycles. The first-order valence-corrected chi connectivity index (χ1v) is 12.0. The molecule has 1 aliphatic rings. The highest BCUT2D eigenvalue weighted by Gasteiger charge is 2.32. The molecule has 0 bridgehead atoms. The average molecular weight is 502 g/mol. The van der Waals surface area contributed by atoms with E-state index in [0.717, 1.165) is 28.8 Å². The molecule has 0 saturated carbocycles. The number of halogens is 3. The second kappa shape index (κ2) is 10.0. The summed E-state index contributed by atoms with van der Waals surface area (Å²) in [4.78, 5) is 17.1. The van der Waals surface area contributed by atoms with Crippen LogP contribution in [0.1, 0.15) is 21.5 Å². The van der Waals surface area contributed by atoms with Crippen molar-refractivity contribution in [3.8, 4) is 11.1 Å². The van der Waals surface area contributed by atoms with E-state index in [1.165, 1.54) is 6.07 Å². The van der Waals surface area contributed by atoms with Gasteiger partial charge < -0.3 is 15.1 Å². The van der Waals surface area contributed by atoms with Gasteiger partial charge in [0.1, 0.15) is 0 Å². The molecule has 37 heavy (non-hydrogen) atoms. The van der Waals surface area contributed by atoms with Gasteiger partial charge in [-0.3, -0.25) is 4.79 Å². The Morgan fingerprint density at radius 2 is 1.49 bits per heavy atom. The summed E-state index contributed by atoms with van der Waals surface area (Å²) in [7, 11) is 1.68. The Morgan fingerprint density at radius 3 is 2.22 bits per heavy atom. The van der Waals surface area contributed by atoms with Crippen LogP contribution >= 0.6 is 0 Å². The third kappa shape index (κ3) is 5.16. The second-order valence-corrected chi connectivity index (χ2v) is 9.02. The van der Waals surface area contributed by atoms with Gasteiger partial charge >= 0.3 is 6.18 Å². The SMILES string of the molecule is CN1c2cc(C(F)(F)F)ccc2NCCN(Cc2ccc(-c3ccccc3)cc2)C(=O)c2ccccc21. The van der Waals surface area contributed by atoms with Gasteiger partial charge in [0, 0.05) is 26.7 Å². The van der Waals surface area contributed by atoms with E-state index in [1.807, 2.05) is 42.5 Å². The van der Waals surface area contributed by atoms with Gasteiger partial charge in [-0.2, -0.15) is 13.2 Å².